The van der Waals surface area contributed by atoms with E-state index in [0.29, 0.717) is 12.2 Å². The lowest BCUT2D eigenvalue weighted by atomic mass is 10.0. The van der Waals surface area contributed by atoms with E-state index in [1.165, 1.54) is 25.1 Å². The molecule has 4 N–H and O–H groups in total. The zero-order valence-corrected chi connectivity index (χ0v) is 19.9. The molecular weight excluding hydrogens is 447 g/mol. The number of hydrogen-bond donors (Lipinski definition) is 4. The summed E-state index contributed by atoms with van der Waals surface area (Å²) in [7, 11) is 0. The van der Waals surface area contributed by atoms with Gasteiger partial charge in [0.25, 0.3) is 5.91 Å². The van der Waals surface area contributed by atoms with Gasteiger partial charge in [-0.15, -0.1) is 0 Å². The molecule has 0 aliphatic carbocycles. The summed E-state index contributed by atoms with van der Waals surface area (Å²) in [6, 6.07) is 15.8. The van der Waals surface area contributed by atoms with Crippen LogP contribution in [0.3, 0.4) is 0 Å². The van der Waals surface area contributed by atoms with Crippen molar-refractivity contribution in [1.29, 1.82) is 0 Å². The van der Waals surface area contributed by atoms with Crippen molar-refractivity contribution in [3.05, 3.63) is 95.6 Å². The Hall–Kier alpha value is -3.62. The van der Waals surface area contributed by atoms with Crippen molar-refractivity contribution >= 4 is 17.5 Å². The maximum absolute atomic E-state index is 13.8. The van der Waals surface area contributed by atoms with Gasteiger partial charge < -0.3 is 21.1 Å². The van der Waals surface area contributed by atoms with Crippen LogP contribution in [0.5, 0.6) is 0 Å². The lowest BCUT2D eigenvalue weighted by molar-refractivity contribution is -0.117. The highest BCUT2D eigenvalue weighted by molar-refractivity contribution is 6.01. The molecule has 0 bridgehead atoms. The van der Waals surface area contributed by atoms with E-state index >= 15 is 0 Å². The minimum Gasteiger partial charge on any atom is -0.387 e. The number of rotatable bonds is 11. The number of hydrogen-bond acceptors (Lipinski definition) is 5. The predicted molar refractivity (Wildman–Crippen MR) is 133 cm³/mol. The van der Waals surface area contributed by atoms with Gasteiger partial charge in [0.1, 0.15) is 11.9 Å². The number of carbonyl (C=O) groups excluding carboxylic acids is 2. The second-order valence-electron chi connectivity index (χ2n) is 8.31. The molecule has 0 fully saturated rings. The summed E-state index contributed by atoms with van der Waals surface area (Å²) < 4.78 is 13.8. The number of anilines is 1. The van der Waals surface area contributed by atoms with Crippen LogP contribution in [-0.4, -0.2) is 40.5 Å². The Morgan fingerprint density at radius 1 is 1.06 bits per heavy atom. The molecule has 3 atom stereocenters. The molecule has 0 saturated carbocycles. The molecule has 1 aromatic heterocycles. The molecule has 0 aliphatic rings. The van der Waals surface area contributed by atoms with Gasteiger partial charge in [-0.25, -0.2) is 4.39 Å². The van der Waals surface area contributed by atoms with Crippen molar-refractivity contribution in [3.8, 4) is 0 Å². The van der Waals surface area contributed by atoms with Crippen LogP contribution in [0.25, 0.3) is 0 Å². The number of amides is 2. The molecule has 2 aromatic carbocycles. The van der Waals surface area contributed by atoms with E-state index in [0.717, 1.165) is 24.0 Å². The second-order valence-corrected chi connectivity index (χ2v) is 8.31. The fourth-order valence-corrected chi connectivity index (χ4v) is 3.65. The van der Waals surface area contributed by atoms with Crippen molar-refractivity contribution in [2.24, 2.45) is 0 Å². The first kappa shape index (κ1) is 26.0. The Balaban J connectivity index is 1.46. The van der Waals surface area contributed by atoms with Crippen molar-refractivity contribution in [1.82, 2.24) is 15.6 Å². The highest BCUT2D eigenvalue weighted by Gasteiger charge is 2.20. The lowest BCUT2D eigenvalue weighted by Crippen LogP contribution is -2.41. The third-order valence-electron chi connectivity index (χ3n) is 5.75. The molecule has 8 heteroatoms. The van der Waals surface area contributed by atoms with E-state index in [9.17, 15) is 19.1 Å². The molecule has 3 aromatic rings. The highest BCUT2D eigenvalue weighted by atomic mass is 19.1. The number of nitrogens with zero attached hydrogens (tertiary/aromatic N) is 1. The molecule has 0 spiro atoms. The lowest BCUT2D eigenvalue weighted by Gasteiger charge is -2.23. The van der Waals surface area contributed by atoms with Crippen LogP contribution in [0.4, 0.5) is 10.1 Å². The van der Waals surface area contributed by atoms with Crippen LogP contribution in [0.15, 0.2) is 73.1 Å². The molecule has 0 radical (unpaired) electrons. The summed E-state index contributed by atoms with van der Waals surface area (Å²) in [4.78, 5) is 28.7. The fraction of sp³-hybridized carbons (Fsp3) is 0.296. The molecule has 3 rings (SSSR count). The van der Waals surface area contributed by atoms with E-state index in [2.05, 4.69) is 20.9 Å². The van der Waals surface area contributed by atoms with Crippen LogP contribution in [0.2, 0.25) is 0 Å². The monoisotopic (exact) mass is 478 g/mol. The molecular formula is C27H31FN4O3. The van der Waals surface area contributed by atoms with Gasteiger partial charge in [0.2, 0.25) is 5.91 Å². The topological polar surface area (TPSA) is 103 Å². The van der Waals surface area contributed by atoms with Crippen molar-refractivity contribution in [2.45, 2.75) is 44.9 Å². The van der Waals surface area contributed by atoms with Crippen LogP contribution in [0.1, 0.15) is 47.9 Å². The molecule has 35 heavy (non-hydrogen) atoms. The molecule has 7 nitrogen and oxygen atoms in total. The third-order valence-corrected chi connectivity index (χ3v) is 5.75. The molecule has 2 amide bonds. The maximum atomic E-state index is 13.8. The number of aromatic nitrogens is 1. The standard InChI is InChI=1S/C27H31FN4O3/c1-3-24(25(33)20-7-6-15-29-17-20)30-16-14-19-10-12-21(13-11-19)32-26(34)18(2)31-27(35)22-8-4-5-9-23(22)28/h4-13,15,17-18,24-25,30,33H,3,14,16H2,1-2H3,(H,31,35)(H,32,34)/t18-,24+,25+/m0/s1. The molecule has 0 saturated heterocycles. The summed E-state index contributed by atoms with van der Waals surface area (Å²) in [5, 5.41) is 19.3. The number of aliphatic hydroxyl groups is 1. The van der Waals surface area contributed by atoms with Gasteiger partial charge >= 0.3 is 0 Å². The normalized spacial score (nSPS) is 13.5. The number of nitrogens with one attached hydrogen (secondary N) is 3. The van der Waals surface area contributed by atoms with Crippen LogP contribution < -0.4 is 16.0 Å². The molecule has 184 valence electrons. The van der Waals surface area contributed by atoms with Gasteiger partial charge in [-0.05, 0) is 62.2 Å². The summed E-state index contributed by atoms with van der Waals surface area (Å²) in [5.41, 5.74) is 2.34. The van der Waals surface area contributed by atoms with Crippen molar-refractivity contribution < 1.29 is 19.1 Å². The van der Waals surface area contributed by atoms with Crippen LogP contribution in [-0.2, 0) is 11.2 Å². The molecule has 0 unspecified atom stereocenters. The van der Waals surface area contributed by atoms with Gasteiger partial charge in [0, 0.05) is 29.7 Å². The summed E-state index contributed by atoms with van der Waals surface area (Å²) in [6.45, 7) is 4.24. The number of carbonyl (C=O) groups is 2. The fourth-order valence-electron chi connectivity index (χ4n) is 3.65. The SMILES string of the molecule is CC[C@@H](NCCc1ccc(NC(=O)[C@H](C)NC(=O)c2ccccc2F)cc1)[C@H](O)c1cccnc1. The average molecular weight is 479 g/mol. The van der Waals surface area contributed by atoms with Gasteiger partial charge in [0.15, 0.2) is 0 Å². The van der Waals surface area contributed by atoms with Crippen LogP contribution >= 0.6 is 0 Å². The minimum absolute atomic E-state index is 0.0844. The zero-order chi connectivity index (χ0) is 25.2. The van der Waals surface area contributed by atoms with Gasteiger partial charge in [0.05, 0.1) is 11.7 Å². The first-order chi connectivity index (χ1) is 16.9. The van der Waals surface area contributed by atoms with E-state index in [-0.39, 0.29) is 11.6 Å². The molecule has 0 aliphatic heterocycles. The third kappa shape index (κ3) is 7.43. The zero-order valence-electron chi connectivity index (χ0n) is 19.9. The minimum atomic E-state index is -0.844. The Morgan fingerprint density at radius 3 is 2.46 bits per heavy atom. The van der Waals surface area contributed by atoms with E-state index < -0.39 is 29.8 Å². The number of aliphatic hydroxyl groups excluding tert-OH is 1. The largest absolute Gasteiger partial charge is 0.387 e. The van der Waals surface area contributed by atoms with Crippen molar-refractivity contribution in [2.75, 3.05) is 11.9 Å². The Kier molecular flexibility index (Phi) is 9.46. The predicted octanol–water partition coefficient (Wildman–Crippen LogP) is 3.62. The summed E-state index contributed by atoms with van der Waals surface area (Å²) in [6.07, 6.45) is 4.24. The summed E-state index contributed by atoms with van der Waals surface area (Å²) in [5.74, 6) is -1.69. The van der Waals surface area contributed by atoms with E-state index in [1.54, 1.807) is 30.6 Å². The first-order valence-corrected chi connectivity index (χ1v) is 11.7. The maximum Gasteiger partial charge on any atom is 0.254 e. The van der Waals surface area contributed by atoms with E-state index in [1.807, 2.05) is 31.2 Å². The first-order valence-electron chi connectivity index (χ1n) is 11.7. The molecule has 1 heterocycles. The Labute approximate surface area is 204 Å². The second kappa shape index (κ2) is 12.7. The van der Waals surface area contributed by atoms with Gasteiger partial charge in [-0.3, -0.25) is 14.6 Å². The number of halogens is 1. The quantitative estimate of drug-likeness (QED) is 0.337. The smallest absolute Gasteiger partial charge is 0.254 e. The summed E-state index contributed by atoms with van der Waals surface area (Å²) >= 11 is 0. The Morgan fingerprint density at radius 2 is 1.80 bits per heavy atom. The number of benzene rings is 2. The van der Waals surface area contributed by atoms with Gasteiger partial charge in [-0.1, -0.05) is 37.3 Å². The van der Waals surface area contributed by atoms with Crippen molar-refractivity contribution in [3.63, 3.8) is 0 Å². The van der Waals surface area contributed by atoms with Gasteiger partial charge in [-0.2, -0.15) is 0 Å². The van der Waals surface area contributed by atoms with E-state index in [4.69, 9.17) is 0 Å². The number of pyridine rings is 1. The van der Waals surface area contributed by atoms with Crippen LogP contribution in [0, 0.1) is 5.82 Å². The Bertz CT molecular complexity index is 1110. The average Bonchev–Trinajstić information content (AvgIpc) is 2.88. The highest BCUT2D eigenvalue weighted by Crippen LogP contribution is 2.18.